The molecule has 0 fully saturated rings. The smallest absolute Gasteiger partial charge is 0.266 e. The molecule has 1 amide bonds. The summed E-state index contributed by atoms with van der Waals surface area (Å²) in [6.07, 6.45) is 1.45. The van der Waals surface area contributed by atoms with Gasteiger partial charge in [0.15, 0.2) is 11.5 Å². The molecular weight excluding hydrogens is 518 g/mol. The largest absolute Gasteiger partial charge is 0.493 e. The van der Waals surface area contributed by atoms with E-state index >= 15 is 0 Å². The standard InChI is InChI=1S/C26H19BrClN3O3/c1-16-7-8-21(12-23(16)28)31-26(32)20(14-30)9-17-10-22(27)25(24(11-17)33-2)34-15-19-6-4-3-5-18(19)13-29/h3-12H,15H2,1-2H3,(H,31,32)/b20-9-. The molecule has 0 aliphatic rings. The molecule has 0 heterocycles. The predicted octanol–water partition coefficient (Wildman–Crippen LogP) is 6.42. The molecule has 0 saturated heterocycles. The topological polar surface area (TPSA) is 95.1 Å². The highest BCUT2D eigenvalue weighted by Crippen LogP contribution is 2.38. The first-order valence-corrected chi connectivity index (χ1v) is 11.2. The van der Waals surface area contributed by atoms with Crippen molar-refractivity contribution in [2.75, 3.05) is 12.4 Å². The number of benzene rings is 3. The molecule has 1 N–H and O–H groups in total. The zero-order valence-corrected chi connectivity index (χ0v) is 20.7. The maximum Gasteiger partial charge on any atom is 0.266 e. The molecule has 0 unspecified atom stereocenters. The second-order valence-electron chi connectivity index (χ2n) is 7.18. The van der Waals surface area contributed by atoms with Crippen molar-refractivity contribution in [1.29, 1.82) is 10.5 Å². The number of aryl methyl sites for hydroxylation is 1. The number of hydrogen-bond donors (Lipinski definition) is 1. The van der Waals surface area contributed by atoms with Crippen LogP contribution in [0.2, 0.25) is 5.02 Å². The van der Waals surface area contributed by atoms with Gasteiger partial charge in [-0.3, -0.25) is 4.79 Å². The van der Waals surface area contributed by atoms with E-state index in [1.54, 1.807) is 42.5 Å². The Hall–Kier alpha value is -3.78. The molecule has 0 bridgehead atoms. The van der Waals surface area contributed by atoms with Crippen molar-refractivity contribution in [3.63, 3.8) is 0 Å². The van der Waals surface area contributed by atoms with E-state index in [0.29, 0.717) is 37.8 Å². The van der Waals surface area contributed by atoms with Crippen molar-refractivity contribution in [3.05, 3.63) is 91.9 Å². The minimum Gasteiger partial charge on any atom is -0.493 e. The van der Waals surface area contributed by atoms with Gasteiger partial charge in [-0.05, 0) is 70.4 Å². The van der Waals surface area contributed by atoms with Gasteiger partial charge in [0.2, 0.25) is 0 Å². The molecule has 6 nitrogen and oxygen atoms in total. The zero-order valence-electron chi connectivity index (χ0n) is 18.4. The van der Waals surface area contributed by atoms with E-state index in [1.807, 2.05) is 25.1 Å². The summed E-state index contributed by atoms with van der Waals surface area (Å²) in [4.78, 5) is 12.6. The van der Waals surface area contributed by atoms with Gasteiger partial charge in [0, 0.05) is 16.3 Å². The Bertz CT molecular complexity index is 1360. The SMILES string of the molecule is COc1cc(/C=C(/C#N)C(=O)Nc2ccc(C)c(Cl)c2)cc(Br)c1OCc1ccccc1C#N. The van der Waals surface area contributed by atoms with Crippen LogP contribution in [-0.4, -0.2) is 13.0 Å². The highest BCUT2D eigenvalue weighted by molar-refractivity contribution is 9.10. The number of nitrogens with zero attached hydrogens (tertiary/aromatic N) is 2. The Kier molecular flexibility index (Phi) is 8.32. The predicted molar refractivity (Wildman–Crippen MR) is 135 cm³/mol. The number of ether oxygens (including phenoxy) is 2. The number of halogens is 2. The van der Waals surface area contributed by atoms with E-state index in [2.05, 4.69) is 27.3 Å². The number of nitriles is 2. The fraction of sp³-hybridized carbons (Fsp3) is 0.115. The van der Waals surface area contributed by atoms with Crippen molar-refractivity contribution in [1.82, 2.24) is 0 Å². The summed E-state index contributed by atoms with van der Waals surface area (Å²) >= 11 is 9.58. The first-order valence-electron chi connectivity index (χ1n) is 10.0. The monoisotopic (exact) mass is 535 g/mol. The fourth-order valence-electron chi connectivity index (χ4n) is 3.05. The van der Waals surface area contributed by atoms with E-state index < -0.39 is 5.91 Å². The normalized spacial score (nSPS) is 10.7. The molecule has 0 radical (unpaired) electrons. The first kappa shape index (κ1) is 24.9. The van der Waals surface area contributed by atoms with Crippen molar-refractivity contribution >= 4 is 45.2 Å². The van der Waals surface area contributed by atoms with Gasteiger partial charge < -0.3 is 14.8 Å². The quantitative estimate of drug-likeness (QED) is 0.278. The van der Waals surface area contributed by atoms with Crippen LogP contribution in [0.4, 0.5) is 5.69 Å². The van der Waals surface area contributed by atoms with Gasteiger partial charge in [0.05, 0.1) is 23.2 Å². The van der Waals surface area contributed by atoms with Crippen LogP contribution in [-0.2, 0) is 11.4 Å². The number of anilines is 1. The molecule has 0 aliphatic heterocycles. The summed E-state index contributed by atoms with van der Waals surface area (Å²) < 4.78 is 11.9. The van der Waals surface area contributed by atoms with E-state index in [0.717, 1.165) is 11.1 Å². The maximum absolute atomic E-state index is 12.6. The average molecular weight is 537 g/mol. The van der Waals surface area contributed by atoms with E-state index in [1.165, 1.54) is 13.2 Å². The zero-order chi connectivity index (χ0) is 24.7. The van der Waals surface area contributed by atoms with Crippen molar-refractivity contribution in [2.45, 2.75) is 13.5 Å². The lowest BCUT2D eigenvalue weighted by Crippen LogP contribution is -2.13. The second-order valence-corrected chi connectivity index (χ2v) is 8.44. The molecule has 0 aromatic heterocycles. The van der Waals surface area contributed by atoms with E-state index in [4.69, 9.17) is 21.1 Å². The number of methoxy groups -OCH3 is 1. The third-order valence-corrected chi connectivity index (χ3v) is 5.86. The van der Waals surface area contributed by atoms with Crippen LogP contribution in [0.25, 0.3) is 6.08 Å². The average Bonchev–Trinajstić information content (AvgIpc) is 2.83. The van der Waals surface area contributed by atoms with E-state index in [-0.39, 0.29) is 12.2 Å². The second kappa shape index (κ2) is 11.4. The summed E-state index contributed by atoms with van der Waals surface area (Å²) in [5.41, 5.74) is 3.09. The summed E-state index contributed by atoms with van der Waals surface area (Å²) in [5.74, 6) is 0.272. The third kappa shape index (κ3) is 5.96. The highest BCUT2D eigenvalue weighted by Gasteiger charge is 2.15. The van der Waals surface area contributed by atoms with Gasteiger partial charge in [-0.2, -0.15) is 10.5 Å². The van der Waals surface area contributed by atoms with Crippen LogP contribution in [0, 0.1) is 29.6 Å². The molecular formula is C26H19BrClN3O3. The Labute approximate surface area is 211 Å². The van der Waals surface area contributed by atoms with Gasteiger partial charge in [0.1, 0.15) is 18.2 Å². The Morgan fingerprint density at radius 3 is 2.62 bits per heavy atom. The van der Waals surface area contributed by atoms with Crippen LogP contribution in [0.3, 0.4) is 0 Å². The first-order chi connectivity index (χ1) is 16.4. The summed E-state index contributed by atoms with van der Waals surface area (Å²) in [6.45, 7) is 2.02. The van der Waals surface area contributed by atoms with Gasteiger partial charge in [-0.15, -0.1) is 0 Å². The van der Waals surface area contributed by atoms with Crippen LogP contribution in [0.1, 0.15) is 22.3 Å². The molecule has 170 valence electrons. The molecule has 34 heavy (non-hydrogen) atoms. The lowest BCUT2D eigenvalue weighted by Gasteiger charge is -2.14. The van der Waals surface area contributed by atoms with Crippen LogP contribution in [0.5, 0.6) is 11.5 Å². The highest BCUT2D eigenvalue weighted by atomic mass is 79.9. The molecule has 8 heteroatoms. The fourth-order valence-corrected chi connectivity index (χ4v) is 3.81. The molecule has 3 aromatic rings. The minimum absolute atomic E-state index is 0.0951. The molecule has 3 rings (SSSR count). The molecule has 3 aromatic carbocycles. The van der Waals surface area contributed by atoms with Gasteiger partial charge >= 0.3 is 0 Å². The Morgan fingerprint density at radius 1 is 1.18 bits per heavy atom. The summed E-state index contributed by atoms with van der Waals surface area (Å²) in [5, 5.41) is 22.0. The van der Waals surface area contributed by atoms with Gasteiger partial charge in [-0.25, -0.2) is 0 Å². The number of hydrogen-bond acceptors (Lipinski definition) is 5. The van der Waals surface area contributed by atoms with Crippen molar-refractivity contribution in [3.8, 4) is 23.6 Å². The minimum atomic E-state index is -0.564. The van der Waals surface area contributed by atoms with Crippen molar-refractivity contribution in [2.24, 2.45) is 0 Å². The Morgan fingerprint density at radius 2 is 1.94 bits per heavy atom. The van der Waals surface area contributed by atoms with E-state index in [9.17, 15) is 15.3 Å². The third-order valence-electron chi connectivity index (χ3n) is 4.87. The molecule has 0 atom stereocenters. The lowest BCUT2D eigenvalue weighted by atomic mass is 10.1. The molecule has 0 spiro atoms. The molecule has 0 aliphatic carbocycles. The number of nitrogens with one attached hydrogen (secondary N) is 1. The number of carbonyl (C=O) groups is 1. The maximum atomic E-state index is 12.6. The number of carbonyl (C=O) groups excluding carboxylic acids is 1. The van der Waals surface area contributed by atoms with Gasteiger partial charge in [-0.1, -0.05) is 35.9 Å². The number of rotatable bonds is 7. The summed E-state index contributed by atoms with van der Waals surface area (Å²) in [7, 11) is 1.49. The lowest BCUT2D eigenvalue weighted by molar-refractivity contribution is -0.112. The molecule has 0 saturated carbocycles. The summed E-state index contributed by atoms with van der Waals surface area (Å²) in [6, 6.07) is 19.7. The number of amides is 1. The van der Waals surface area contributed by atoms with Crippen LogP contribution >= 0.6 is 27.5 Å². The van der Waals surface area contributed by atoms with Crippen LogP contribution in [0.15, 0.2) is 64.6 Å². The van der Waals surface area contributed by atoms with Gasteiger partial charge in [0.25, 0.3) is 5.91 Å². The van der Waals surface area contributed by atoms with Crippen molar-refractivity contribution < 1.29 is 14.3 Å². The Balaban J connectivity index is 1.84. The van der Waals surface area contributed by atoms with Crippen LogP contribution < -0.4 is 14.8 Å².